The van der Waals surface area contributed by atoms with Gasteiger partial charge in [0.15, 0.2) is 0 Å². The number of hydrogen-bond donors (Lipinski definition) is 0. The molecule has 1 saturated carbocycles. The summed E-state index contributed by atoms with van der Waals surface area (Å²) in [5.74, 6) is 0.650. The third kappa shape index (κ3) is 3.73. The predicted molar refractivity (Wildman–Crippen MR) is 83.0 cm³/mol. The molecule has 0 spiro atoms. The Labute approximate surface area is 127 Å². The van der Waals surface area contributed by atoms with Crippen molar-refractivity contribution in [3.05, 3.63) is 18.0 Å². The number of hydrogen-bond acceptors (Lipinski definition) is 3. The molecule has 21 heavy (non-hydrogen) atoms. The number of nitrogens with zero attached hydrogens (tertiary/aromatic N) is 3. The fourth-order valence-electron chi connectivity index (χ4n) is 3.74. The molecule has 0 aromatic carbocycles. The van der Waals surface area contributed by atoms with E-state index < -0.39 is 0 Å². The molecule has 0 N–H and O–H groups in total. The second-order valence-electron chi connectivity index (χ2n) is 6.74. The molecule has 1 aromatic rings. The van der Waals surface area contributed by atoms with Crippen molar-refractivity contribution in [3.63, 3.8) is 0 Å². The first-order valence-corrected chi connectivity index (χ1v) is 8.49. The Balaban J connectivity index is 1.52. The molecule has 0 amide bonds. The highest BCUT2D eigenvalue weighted by atomic mass is 16.1. The first-order valence-electron chi connectivity index (χ1n) is 8.49. The average molecular weight is 289 g/mol. The molecule has 0 radical (unpaired) electrons. The fraction of sp³-hybridized carbons (Fsp3) is 0.765. The summed E-state index contributed by atoms with van der Waals surface area (Å²) in [6.45, 7) is 4.72. The van der Waals surface area contributed by atoms with Gasteiger partial charge in [-0.3, -0.25) is 14.4 Å². The van der Waals surface area contributed by atoms with Crippen molar-refractivity contribution < 1.29 is 4.79 Å². The topological polar surface area (TPSA) is 38.1 Å². The van der Waals surface area contributed by atoms with E-state index in [1.165, 1.54) is 37.8 Å². The van der Waals surface area contributed by atoms with Crippen molar-refractivity contribution in [2.75, 3.05) is 13.1 Å². The summed E-state index contributed by atoms with van der Waals surface area (Å²) in [5.41, 5.74) is 1.18. The van der Waals surface area contributed by atoms with E-state index in [1.54, 1.807) is 6.92 Å². The molecule has 2 aliphatic rings. The van der Waals surface area contributed by atoms with Gasteiger partial charge in [0.25, 0.3) is 0 Å². The maximum atomic E-state index is 11.4. The zero-order valence-electron chi connectivity index (χ0n) is 13.1. The fourth-order valence-corrected chi connectivity index (χ4v) is 3.74. The van der Waals surface area contributed by atoms with Crippen LogP contribution in [0.5, 0.6) is 0 Å². The van der Waals surface area contributed by atoms with Gasteiger partial charge in [0.2, 0.25) is 0 Å². The minimum Gasteiger partial charge on any atom is -0.300 e. The van der Waals surface area contributed by atoms with Crippen LogP contribution >= 0.6 is 0 Å². The molecule has 1 aromatic heterocycles. The van der Waals surface area contributed by atoms with E-state index in [0.717, 1.165) is 32.5 Å². The van der Waals surface area contributed by atoms with Gasteiger partial charge < -0.3 is 0 Å². The van der Waals surface area contributed by atoms with Crippen molar-refractivity contribution in [2.45, 2.75) is 64.5 Å². The lowest BCUT2D eigenvalue weighted by atomic mass is 9.93. The van der Waals surface area contributed by atoms with Crippen LogP contribution in [0.2, 0.25) is 0 Å². The molecule has 0 atom stereocenters. The van der Waals surface area contributed by atoms with Crippen LogP contribution in [-0.4, -0.2) is 33.6 Å². The van der Waals surface area contributed by atoms with Crippen LogP contribution in [0.1, 0.15) is 63.6 Å². The van der Waals surface area contributed by atoms with Crippen LogP contribution < -0.4 is 0 Å². The van der Waals surface area contributed by atoms with E-state index in [9.17, 15) is 4.79 Å². The number of carbonyl (C=O) groups is 1. The SMILES string of the molecule is CC(=O)C1CCN(Cc2ccn(C3CCCCC3)n2)CC1. The average Bonchev–Trinajstić information content (AvgIpc) is 2.97. The minimum absolute atomic E-state index is 0.293. The highest BCUT2D eigenvalue weighted by molar-refractivity contribution is 5.78. The number of ketones is 1. The van der Waals surface area contributed by atoms with Gasteiger partial charge in [-0.05, 0) is 51.8 Å². The van der Waals surface area contributed by atoms with E-state index >= 15 is 0 Å². The lowest BCUT2D eigenvalue weighted by molar-refractivity contribution is -0.122. The van der Waals surface area contributed by atoms with E-state index in [2.05, 4.69) is 21.8 Å². The van der Waals surface area contributed by atoms with Gasteiger partial charge in [-0.2, -0.15) is 5.10 Å². The number of Topliss-reactive ketones (excluding diaryl/α,β-unsaturated/α-hetero) is 1. The second-order valence-corrected chi connectivity index (χ2v) is 6.74. The van der Waals surface area contributed by atoms with Gasteiger partial charge in [0.1, 0.15) is 5.78 Å². The van der Waals surface area contributed by atoms with Crippen molar-refractivity contribution in [1.29, 1.82) is 0 Å². The highest BCUT2D eigenvalue weighted by Gasteiger charge is 2.23. The summed E-state index contributed by atoms with van der Waals surface area (Å²) in [5, 5.41) is 4.79. The Morgan fingerprint density at radius 3 is 2.57 bits per heavy atom. The predicted octanol–water partition coefficient (Wildman–Crippen LogP) is 3.19. The zero-order valence-corrected chi connectivity index (χ0v) is 13.1. The summed E-state index contributed by atoms with van der Waals surface area (Å²) in [6.07, 6.45) is 10.8. The van der Waals surface area contributed by atoms with Crippen LogP contribution in [0.25, 0.3) is 0 Å². The maximum Gasteiger partial charge on any atom is 0.133 e. The molecule has 1 aliphatic heterocycles. The minimum atomic E-state index is 0.293. The summed E-state index contributed by atoms with van der Waals surface area (Å²) >= 11 is 0. The second kappa shape index (κ2) is 6.73. The van der Waals surface area contributed by atoms with Crippen LogP contribution in [0.4, 0.5) is 0 Å². The van der Waals surface area contributed by atoms with Crippen LogP contribution in [0.3, 0.4) is 0 Å². The monoisotopic (exact) mass is 289 g/mol. The van der Waals surface area contributed by atoms with Crippen LogP contribution in [-0.2, 0) is 11.3 Å². The number of carbonyl (C=O) groups excluding carboxylic acids is 1. The number of aromatic nitrogens is 2. The molecule has 4 heteroatoms. The molecule has 4 nitrogen and oxygen atoms in total. The van der Waals surface area contributed by atoms with Gasteiger partial charge in [0, 0.05) is 18.7 Å². The van der Waals surface area contributed by atoms with E-state index in [0.29, 0.717) is 17.7 Å². The van der Waals surface area contributed by atoms with E-state index in [-0.39, 0.29) is 0 Å². The lowest BCUT2D eigenvalue weighted by Gasteiger charge is -2.30. The van der Waals surface area contributed by atoms with Gasteiger partial charge >= 0.3 is 0 Å². The molecular formula is C17H27N3O. The van der Waals surface area contributed by atoms with Gasteiger partial charge in [-0.1, -0.05) is 19.3 Å². The summed E-state index contributed by atoms with van der Waals surface area (Å²) in [6, 6.07) is 2.79. The largest absolute Gasteiger partial charge is 0.300 e. The zero-order chi connectivity index (χ0) is 14.7. The molecule has 1 aliphatic carbocycles. The van der Waals surface area contributed by atoms with Crippen molar-refractivity contribution in [2.24, 2.45) is 5.92 Å². The first kappa shape index (κ1) is 14.8. The van der Waals surface area contributed by atoms with E-state index in [4.69, 9.17) is 5.10 Å². The summed E-state index contributed by atoms with van der Waals surface area (Å²) in [7, 11) is 0. The molecule has 2 fully saturated rings. The molecule has 0 bridgehead atoms. The Morgan fingerprint density at radius 1 is 1.19 bits per heavy atom. The standard InChI is InChI=1S/C17H27N3O/c1-14(21)15-7-10-19(11-8-15)13-16-9-12-20(18-16)17-5-3-2-4-6-17/h9,12,15,17H,2-8,10-11,13H2,1H3. The third-order valence-corrected chi connectivity index (χ3v) is 5.16. The van der Waals surface area contributed by atoms with Gasteiger partial charge in [0.05, 0.1) is 11.7 Å². The Bertz CT molecular complexity index is 468. The highest BCUT2D eigenvalue weighted by Crippen LogP contribution is 2.27. The molecule has 2 heterocycles. The molecule has 3 rings (SSSR count). The van der Waals surface area contributed by atoms with Crippen LogP contribution in [0, 0.1) is 5.92 Å². The summed E-state index contributed by atoms with van der Waals surface area (Å²) < 4.78 is 2.19. The van der Waals surface area contributed by atoms with Crippen molar-refractivity contribution in [1.82, 2.24) is 14.7 Å². The van der Waals surface area contributed by atoms with Gasteiger partial charge in [-0.25, -0.2) is 0 Å². The van der Waals surface area contributed by atoms with Crippen molar-refractivity contribution in [3.8, 4) is 0 Å². The third-order valence-electron chi connectivity index (χ3n) is 5.16. The first-order chi connectivity index (χ1) is 10.2. The summed E-state index contributed by atoms with van der Waals surface area (Å²) in [4.78, 5) is 13.8. The van der Waals surface area contributed by atoms with Crippen molar-refractivity contribution >= 4 is 5.78 Å². The maximum absolute atomic E-state index is 11.4. The number of rotatable bonds is 4. The number of piperidine rings is 1. The molecule has 1 saturated heterocycles. The Morgan fingerprint density at radius 2 is 1.90 bits per heavy atom. The Kier molecular flexibility index (Phi) is 4.73. The molecule has 116 valence electrons. The lowest BCUT2D eigenvalue weighted by Crippen LogP contribution is -2.35. The van der Waals surface area contributed by atoms with E-state index in [1.807, 2.05) is 0 Å². The van der Waals surface area contributed by atoms with Gasteiger partial charge in [-0.15, -0.1) is 0 Å². The normalized spacial score (nSPS) is 22.5. The van der Waals surface area contributed by atoms with Crippen LogP contribution in [0.15, 0.2) is 12.3 Å². The Hall–Kier alpha value is -1.16. The number of likely N-dealkylation sites (tertiary alicyclic amines) is 1. The molecule has 0 unspecified atom stereocenters. The quantitative estimate of drug-likeness (QED) is 0.854. The smallest absolute Gasteiger partial charge is 0.133 e. The molecular weight excluding hydrogens is 262 g/mol.